The van der Waals surface area contributed by atoms with Crippen molar-refractivity contribution in [2.24, 2.45) is 0 Å². The lowest BCUT2D eigenvalue weighted by Crippen LogP contribution is -2.30. The number of nitro benzene ring substituents is 1. The van der Waals surface area contributed by atoms with Crippen LogP contribution in [0.2, 0.25) is 5.02 Å². The van der Waals surface area contributed by atoms with E-state index in [1.807, 2.05) is 58.1 Å². The third kappa shape index (κ3) is 4.20. The molecule has 1 saturated heterocycles. The SMILES string of the molecule is COc1ccc(N2C(=S)N[C@@H](c3ccccn3)[C@@H]2c2cccn2-c2ccc([N+](=O)[O-])cc2)cc1Cl. The minimum Gasteiger partial charge on any atom is -0.495 e. The van der Waals surface area contributed by atoms with E-state index in [1.165, 1.54) is 12.1 Å². The first-order chi connectivity index (χ1) is 17.0. The predicted octanol–water partition coefficient (Wildman–Crippen LogP) is 5.62. The highest BCUT2D eigenvalue weighted by atomic mass is 35.5. The molecule has 0 aliphatic carbocycles. The number of methoxy groups -OCH3 is 1. The number of pyridine rings is 1. The molecule has 0 spiro atoms. The summed E-state index contributed by atoms with van der Waals surface area (Å²) in [6.45, 7) is 0. The molecule has 1 N–H and O–H groups in total. The molecule has 1 aliphatic rings. The molecular formula is C25H20ClN5O3S. The van der Waals surface area contributed by atoms with Crippen molar-refractivity contribution in [2.75, 3.05) is 12.0 Å². The summed E-state index contributed by atoms with van der Waals surface area (Å²) in [5.41, 5.74) is 3.38. The number of thiocarbonyl (C=S) groups is 1. The minimum atomic E-state index is -0.411. The van der Waals surface area contributed by atoms with Crippen molar-refractivity contribution in [2.45, 2.75) is 12.1 Å². The van der Waals surface area contributed by atoms with E-state index in [4.69, 9.17) is 28.6 Å². The summed E-state index contributed by atoms with van der Waals surface area (Å²) in [5.74, 6) is 0.570. The van der Waals surface area contributed by atoms with E-state index in [0.29, 0.717) is 15.9 Å². The van der Waals surface area contributed by atoms with Crippen LogP contribution in [-0.2, 0) is 0 Å². The third-order valence-electron chi connectivity index (χ3n) is 5.93. The van der Waals surface area contributed by atoms with E-state index in [9.17, 15) is 10.1 Å². The summed E-state index contributed by atoms with van der Waals surface area (Å²) in [5, 5.41) is 15.6. The number of hydrogen-bond acceptors (Lipinski definition) is 5. The maximum atomic E-state index is 11.1. The first-order valence-electron chi connectivity index (χ1n) is 10.7. The lowest BCUT2D eigenvalue weighted by Gasteiger charge is -2.29. The second-order valence-electron chi connectivity index (χ2n) is 7.89. The Labute approximate surface area is 211 Å². The highest BCUT2D eigenvalue weighted by Gasteiger charge is 2.42. The Hall–Kier alpha value is -3.95. The van der Waals surface area contributed by atoms with E-state index in [0.717, 1.165) is 22.8 Å². The highest BCUT2D eigenvalue weighted by Crippen LogP contribution is 2.43. The summed E-state index contributed by atoms with van der Waals surface area (Å²) in [6, 6.07) is 21.1. The topological polar surface area (TPSA) is 85.5 Å². The molecule has 2 atom stereocenters. The number of ether oxygens (including phenoxy) is 1. The maximum absolute atomic E-state index is 11.1. The molecule has 4 aromatic rings. The van der Waals surface area contributed by atoms with Gasteiger partial charge in [-0.2, -0.15) is 0 Å². The van der Waals surface area contributed by atoms with Gasteiger partial charge < -0.3 is 19.5 Å². The number of non-ortho nitro benzene ring substituents is 1. The largest absolute Gasteiger partial charge is 0.495 e. The van der Waals surface area contributed by atoms with Crippen molar-refractivity contribution in [3.05, 3.63) is 112 Å². The Balaban J connectivity index is 1.64. The van der Waals surface area contributed by atoms with Gasteiger partial charge in [-0.05, 0) is 66.8 Å². The summed E-state index contributed by atoms with van der Waals surface area (Å²) in [4.78, 5) is 17.3. The van der Waals surface area contributed by atoms with Crippen LogP contribution in [0.4, 0.5) is 11.4 Å². The third-order valence-corrected chi connectivity index (χ3v) is 6.54. The Kier molecular flexibility index (Phi) is 6.10. The van der Waals surface area contributed by atoms with E-state index in [-0.39, 0.29) is 17.8 Å². The molecule has 0 unspecified atom stereocenters. The number of hydrogen-bond donors (Lipinski definition) is 1. The summed E-state index contributed by atoms with van der Waals surface area (Å²) in [6.07, 6.45) is 3.67. The number of anilines is 1. The Morgan fingerprint density at radius 2 is 1.86 bits per heavy atom. The van der Waals surface area contributed by atoms with Gasteiger partial charge in [-0.1, -0.05) is 17.7 Å². The van der Waals surface area contributed by atoms with E-state index in [2.05, 4.69) is 10.3 Å². The first-order valence-corrected chi connectivity index (χ1v) is 11.5. The summed E-state index contributed by atoms with van der Waals surface area (Å²) in [7, 11) is 1.57. The van der Waals surface area contributed by atoms with Gasteiger partial charge >= 0.3 is 0 Å². The second-order valence-corrected chi connectivity index (χ2v) is 8.69. The fraction of sp³-hybridized carbons (Fsp3) is 0.120. The highest BCUT2D eigenvalue weighted by molar-refractivity contribution is 7.80. The van der Waals surface area contributed by atoms with Crippen LogP contribution >= 0.6 is 23.8 Å². The van der Waals surface area contributed by atoms with Gasteiger partial charge in [-0.3, -0.25) is 15.1 Å². The number of nitro groups is 1. The van der Waals surface area contributed by atoms with E-state index in [1.54, 1.807) is 31.5 Å². The summed E-state index contributed by atoms with van der Waals surface area (Å²) < 4.78 is 7.32. The Morgan fingerprint density at radius 1 is 1.09 bits per heavy atom. The average molecular weight is 506 g/mol. The van der Waals surface area contributed by atoms with Gasteiger partial charge in [0.05, 0.1) is 28.8 Å². The van der Waals surface area contributed by atoms with Crippen LogP contribution in [-0.4, -0.2) is 26.7 Å². The van der Waals surface area contributed by atoms with Crippen molar-refractivity contribution < 1.29 is 9.66 Å². The standard InChI is InChI=1S/C25H20ClN5O3S/c1-34-22-12-11-18(15-19(22)26)30-24(23(28-25(30)35)20-5-2-3-13-27-20)21-6-4-14-29(21)16-7-9-17(10-8-16)31(32)33/h2-15,23-24H,1H3,(H,28,35)/t23-,24-/m0/s1. The molecule has 10 heteroatoms. The Morgan fingerprint density at radius 3 is 2.51 bits per heavy atom. The number of nitrogens with one attached hydrogen (secondary N) is 1. The fourth-order valence-electron chi connectivity index (χ4n) is 4.34. The minimum absolute atomic E-state index is 0.0343. The molecular weight excluding hydrogens is 486 g/mol. The molecule has 8 nitrogen and oxygen atoms in total. The van der Waals surface area contributed by atoms with E-state index < -0.39 is 4.92 Å². The van der Waals surface area contributed by atoms with Crippen LogP contribution in [0.15, 0.2) is 85.2 Å². The van der Waals surface area contributed by atoms with Crippen molar-refractivity contribution in [1.82, 2.24) is 14.9 Å². The van der Waals surface area contributed by atoms with E-state index >= 15 is 0 Å². The monoisotopic (exact) mass is 505 g/mol. The fourth-order valence-corrected chi connectivity index (χ4v) is 4.94. The van der Waals surface area contributed by atoms with Crippen LogP contribution in [0.3, 0.4) is 0 Å². The average Bonchev–Trinajstić information content (AvgIpc) is 3.49. The smallest absolute Gasteiger partial charge is 0.269 e. The molecule has 0 saturated carbocycles. The molecule has 2 aromatic heterocycles. The maximum Gasteiger partial charge on any atom is 0.269 e. The number of halogens is 1. The van der Waals surface area contributed by atoms with Gasteiger partial charge in [-0.15, -0.1) is 0 Å². The molecule has 0 amide bonds. The van der Waals surface area contributed by atoms with Crippen LogP contribution in [0, 0.1) is 10.1 Å². The molecule has 2 aromatic carbocycles. The molecule has 176 valence electrons. The number of aromatic nitrogens is 2. The molecule has 3 heterocycles. The van der Waals surface area contributed by atoms with Gasteiger partial charge in [0.1, 0.15) is 11.8 Å². The lowest BCUT2D eigenvalue weighted by molar-refractivity contribution is -0.384. The quantitative estimate of drug-likeness (QED) is 0.207. The van der Waals surface area contributed by atoms with Gasteiger partial charge in [0.2, 0.25) is 0 Å². The Bertz CT molecular complexity index is 1390. The lowest BCUT2D eigenvalue weighted by atomic mass is 10.0. The molecule has 1 aliphatic heterocycles. The van der Waals surface area contributed by atoms with Crippen molar-refractivity contribution in [3.63, 3.8) is 0 Å². The van der Waals surface area contributed by atoms with Crippen molar-refractivity contribution >= 4 is 40.3 Å². The van der Waals surface area contributed by atoms with Crippen LogP contribution < -0.4 is 15.0 Å². The first kappa shape index (κ1) is 22.8. The molecule has 35 heavy (non-hydrogen) atoms. The zero-order valence-electron chi connectivity index (χ0n) is 18.5. The molecule has 1 fully saturated rings. The molecule has 5 rings (SSSR count). The zero-order valence-corrected chi connectivity index (χ0v) is 20.1. The number of rotatable bonds is 6. The summed E-state index contributed by atoms with van der Waals surface area (Å²) >= 11 is 12.3. The number of benzene rings is 2. The second kappa shape index (κ2) is 9.36. The van der Waals surface area contributed by atoms with Gasteiger partial charge in [-0.25, -0.2) is 0 Å². The number of nitrogens with zero attached hydrogens (tertiary/aromatic N) is 4. The van der Waals surface area contributed by atoms with Gasteiger partial charge in [0.15, 0.2) is 5.11 Å². The van der Waals surface area contributed by atoms with Crippen molar-refractivity contribution in [1.29, 1.82) is 0 Å². The van der Waals surface area contributed by atoms with Crippen LogP contribution in [0.5, 0.6) is 5.75 Å². The van der Waals surface area contributed by atoms with Gasteiger partial charge in [0, 0.05) is 41.6 Å². The normalized spacial score (nSPS) is 17.3. The predicted molar refractivity (Wildman–Crippen MR) is 138 cm³/mol. The molecule has 0 radical (unpaired) electrons. The van der Waals surface area contributed by atoms with Crippen molar-refractivity contribution in [3.8, 4) is 11.4 Å². The van der Waals surface area contributed by atoms with Crippen LogP contribution in [0.25, 0.3) is 5.69 Å². The van der Waals surface area contributed by atoms with Gasteiger partial charge in [0.25, 0.3) is 5.69 Å². The molecule has 0 bridgehead atoms. The van der Waals surface area contributed by atoms with Crippen LogP contribution in [0.1, 0.15) is 23.5 Å². The zero-order chi connectivity index (χ0) is 24.5.